The molecule has 3 rings (SSSR count). The van der Waals surface area contributed by atoms with Crippen molar-refractivity contribution in [2.75, 3.05) is 12.3 Å². The summed E-state index contributed by atoms with van der Waals surface area (Å²) in [5.41, 5.74) is 9.85. The van der Waals surface area contributed by atoms with Crippen molar-refractivity contribution in [2.24, 2.45) is 0 Å². The molecule has 4 nitrogen and oxygen atoms in total. The van der Waals surface area contributed by atoms with Crippen molar-refractivity contribution >= 4 is 21.7 Å². The van der Waals surface area contributed by atoms with Gasteiger partial charge in [0.05, 0.1) is 12.3 Å². The lowest BCUT2D eigenvalue weighted by atomic mass is 9.98. The molecule has 0 spiro atoms. The summed E-state index contributed by atoms with van der Waals surface area (Å²) in [7, 11) is 0. The molecule has 0 aliphatic heterocycles. The molecule has 3 aromatic rings. The fraction of sp³-hybridized carbons (Fsp3) is 0.250. The quantitative estimate of drug-likeness (QED) is 0.393. The SMILES string of the molecule is CCCCCCOc1ccc(-c2cc(-c3ccc(Br)cc3)nc(N)c2C#N)cc1. The summed E-state index contributed by atoms with van der Waals surface area (Å²) in [6, 6.07) is 19.8. The number of rotatable bonds is 8. The number of anilines is 1. The van der Waals surface area contributed by atoms with Crippen LogP contribution in [0.3, 0.4) is 0 Å². The molecule has 0 fully saturated rings. The highest BCUT2D eigenvalue weighted by atomic mass is 79.9. The largest absolute Gasteiger partial charge is 0.494 e. The van der Waals surface area contributed by atoms with Crippen LogP contribution >= 0.6 is 15.9 Å². The van der Waals surface area contributed by atoms with E-state index in [1.54, 1.807) is 0 Å². The third-order valence-electron chi connectivity index (χ3n) is 4.73. The van der Waals surface area contributed by atoms with Crippen molar-refractivity contribution in [1.29, 1.82) is 5.26 Å². The van der Waals surface area contributed by atoms with Gasteiger partial charge in [-0.25, -0.2) is 4.98 Å². The fourth-order valence-electron chi connectivity index (χ4n) is 3.13. The minimum absolute atomic E-state index is 0.235. The van der Waals surface area contributed by atoms with Crippen LogP contribution in [0.1, 0.15) is 38.2 Å². The number of pyridine rings is 1. The monoisotopic (exact) mass is 449 g/mol. The smallest absolute Gasteiger partial charge is 0.142 e. The number of nitriles is 1. The Morgan fingerprint density at radius 2 is 1.69 bits per heavy atom. The van der Waals surface area contributed by atoms with E-state index in [1.165, 1.54) is 19.3 Å². The van der Waals surface area contributed by atoms with Gasteiger partial charge in [-0.1, -0.05) is 66.4 Å². The highest BCUT2D eigenvalue weighted by Crippen LogP contribution is 2.32. The number of aromatic nitrogens is 1. The Morgan fingerprint density at radius 1 is 1.00 bits per heavy atom. The second-order valence-electron chi connectivity index (χ2n) is 6.87. The Hall–Kier alpha value is -2.84. The number of ether oxygens (including phenoxy) is 1. The lowest BCUT2D eigenvalue weighted by Gasteiger charge is -2.11. The zero-order valence-electron chi connectivity index (χ0n) is 16.5. The van der Waals surface area contributed by atoms with E-state index in [0.29, 0.717) is 5.56 Å². The highest BCUT2D eigenvalue weighted by molar-refractivity contribution is 9.10. The lowest BCUT2D eigenvalue weighted by Crippen LogP contribution is -2.00. The predicted molar refractivity (Wildman–Crippen MR) is 122 cm³/mol. The van der Waals surface area contributed by atoms with Gasteiger partial charge in [-0.3, -0.25) is 0 Å². The van der Waals surface area contributed by atoms with E-state index >= 15 is 0 Å². The van der Waals surface area contributed by atoms with Gasteiger partial charge in [0.1, 0.15) is 23.2 Å². The number of nitrogens with zero attached hydrogens (tertiary/aromatic N) is 2. The predicted octanol–water partition coefficient (Wildman–Crippen LogP) is 6.59. The molecule has 0 saturated heterocycles. The first kappa shape index (κ1) is 20.9. The van der Waals surface area contributed by atoms with Crippen LogP contribution in [0.4, 0.5) is 5.82 Å². The topological polar surface area (TPSA) is 71.9 Å². The molecule has 2 N–H and O–H groups in total. The molecule has 0 aliphatic carbocycles. The van der Waals surface area contributed by atoms with E-state index in [0.717, 1.165) is 45.6 Å². The first-order valence-electron chi connectivity index (χ1n) is 9.82. The average molecular weight is 450 g/mol. The first-order chi connectivity index (χ1) is 14.1. The number of benzene rings is 2. The van der Waals surface area contributed by atoms with E-state index < -0.39 is 0 Å². The zero-order chi connectivity index (χ0) is 20.6. The molecular formula is C24H24BrN3O. The lowest BCUT2D eigenvalue weighted by molar-refractivity contribution is 0.305. The minimum Gasteiger partial charge on any atom is -0.494 e. The standard InChI is InChI=1S/C24H24BrN3O/c1-2-3-4-5-14-29-20-12-8-17(9-13-20)21-15-23(28-24(27)22(21)16-26)18-6-10-19(25)11-7-18/h6-13,15H,2-5,14H2,1H3,(H2,27,28). The van der Waals surface area contributed by atoms with Gasteiger partial charge in [0.15, 0.2) is 0 Å². The normalized spacial score (nSPS) is 10.5. The van der Waals surface area contributed by atoms with Crippen LogP contribution in [-0.4, -0.2) is 11.6 Å². The molecule has 0 unspecified atom stereocenters. The second-order valence-corrected chi connectivity index (χ2v) is 7.78. The molecule has 0 radical (unpaired) electrons. The summed E-state index contributed by atoms with van der Waals surface area (Å²) in [4.78, 5) is 4.43. The van der Waals surface area contributed by atoms with Gasteiger partial charge in [-0.15, -0.1) is 0 Å². The Bertz CT molecular complexity index is 992. The van der Waals surface area contributed by atoms with Crippen molar-refractivity contribution in [3.8, 4) is 34.2 Å². The summed E-state index contributed by atoms with van der Waals surface area (Å²) in [6.45, 7) is 2.92. The maximum atomic E-state index is 9.60. The van der Waals surface area contributed by atoms with Gasteiger partial charge in [0, 0.05) is 15.6 Å². The van der Waals surface area contributed by atoms with Crippen LogP contribution in [0.25, 0.3) is 22.4 Å². The van der Waals surface area contributed by atoms with Gasteiger partial charge in [0.25, 0.3) is 0 Å². The number of hydrogen-bond donors (Lipinski definition) is 1. The van der Waals surface area contributed by atoms with Crippen molar-refractivity contribution in [2.45, 2.75) is 32.6 Å². The molecule has 0 saturated carbocycles. The van der Waals surface area contributed by atoms with E-state index in [1.807, 2.05) is 54.6 Å². The van der Waals surface area contributed by atoms with Crippen molar-refractivity contribution in [3.63, 3.8) is 0 Å². The average Bonchev–Trinajstić information content (AvgIpc) is 2.74. The van der Waals surface area contributed by atoms with Gasteiger partial charge in [-0.2, -0.15) is 5.26 Å². The van der Waals surface area contributed by atoms with Gasteiger partial charge in [-0.05, 0) is 42.3 Å². The van der Waals surface area contributed by atoms with Crippen LogP contribution in [0, 0.1) is 11.3 Å². The van der Waals surface area contributed by atoms with Crippen molar-refractivity contribution in [3.05, 3.63) is 64.6 Å². The van der Waals surface area contributed by atoms with Crippen LogP contribution < -0.4 is 10.5 Å². The number of halogens is 1. The van der Waals surface area contributed by atoms with Crippen molar-refractivity contribution < 1.29 is 4.74 Å². The third-order valence-corrected chi connectivity index (χ3v) is 5.26. The fourth-order valence-corrected chi connectivity index (χ4v) is 3.39. The Balaban J connectivity index is 1.85. The molecule has 0 atom stereocenters. The number of nitrogen functional groups attached to an aromatic ring is 1. The number of unbranched alkanes of at least 4 members (excludes halogenated alkanes) is 3. The summed E-state index contributed by atoms with van der Waals surface area (Å²) >= 11 is 3.44. The van der Waals surface area contributed by atoms with E-state index in [4.69, 9.17) is 10.5 Å². The third kappa shape index (κ3) is 5.36. The summed E-state index contributed by atoms with van der Waals surface area (Å²) in [6.07, 6.45) is 4.71. The minimum atomic E-state index is 0.235. The molecule has 0 aliphatic rings. The molecular weight excluding hydrogens is 426 g/mol. The molecule has 29 heavy (non-hydrogen) atoms. The van der Waals surface area contributed by atoms with Gasteiger partial charge < -0.3 is 10.5 Å². The van der Waals surface area contributed by atoms with Crippen molar-refractivity contribution in [1.82, 2.24) is 4.98 Å². The van der Waals surface area contributed by atoms with Gasteiger partial charge in [0.2, 0.25) is 0 Å². The molecule has 0 amide bonds. The molecule has 1 aromatic heterocycles. The van der Waals surface area contributed by atoms with Crippen LogP contribution in [0.15, 0.2) is 59.1 Å². The molecule has 148 valence electrons. The number of nitrogens with two attached hydrogens (primary N) is 1. The van der Waals surface area contributed by atoms with Crippen LogP contribution in [0.5, 0.6) is 5.75 Å². The second kappa shape index (κ2) is 10.1. The summed E-state index contributed by atoms with van der Waals surface area (Å²) in [5, 5.41) is 9.60. The molecule has 0 bridgehead atoms. The Morgan fingerprint density at radius 3 is 2.34 bits per heavy atom. The molecule has 5 heteroatoms. The number of hydrogen-bond acceptors (Lipinski definition) is 4. The van der Waals surface area contributed by atoms with E-state index in [-0.39, 0.29) is 5.82 Å². The Kier molecular flexibility index (Phi) is 7.26. The molecule has 1 heterocycles. The van der Waals surface area contributed by atoms with E-state index in [9.17, 15) is 5.26 Å². The highest BCUT2D eigenvalue weighted by Gasteiger charge is 2.13. The maximum Gasteiger partial charge on any atom is 0.142 e. The van der Waals surface area contributed by atoms with E-state index in [2.05, 4.69) is 33.9 Å². The molecule has 2 aromatic carbocycles. The maximum absolute atomic E-state index is 9.60. The zero-order valence-corrected chi connectivity index (χ0v) is 18.1. The van der Waals surface area contributed by atoms with Crippen LogP contribution in [-0.2, 0) is 0 Å². The summed E-state index contributed by atoms with van der Waals surface area (Å²) in [5.74, 6) is 1.07. The van der Waals surface area contributed by atoms with Gasteiger partial charge >= 0.3 is 0 Å². The Labute approximate surface area is 180 Å². The first-order valence-corrected chi connectivity index (χ1v) is 10.6. The van der Waals surface area contributed by atoms with Crippen LogP contribution in [0.2, 0.25) is 0 Å². The summed E-state index contributed by atoms with van der Waals surface area (Å²) < 4.78 is 6.82.